The van der Waals surface area contributed by atoms with E-state index in [0.717, 1.165) is 95.7 Å². The lowest BCUT2D eigenvalue weighted by atomic mass is 9.33. The molecule has 17 aromatic carbocycles. The van der Waals surface area contributed by atoms with Crippen molar-refractivity contribution in [1.82, 2.24) is 0 Å². The predicted molar refractivity (Wildman–Crippen MR) is 464 cm³/mol. The van der Waals surface area contributed by atoms with Gasteiger partial charge in [0.15, 0.2) is 16.1 Å². The first-order chi connectivity index (χ1) is 53.6. The molecule has 0 saturated carbocycles. The largest absolute Gasteiger partial charge is 0.310 e. The summed E-state index contributed by atoms with van der Waals surface area (Å²) < 4.78 is 0. The van der Waals surface area contributed by atoms with Gasteiger partial charge < -0.3 is 14.7 Å². The van der Waals surface area contributed by atoms with E-state index >= 15 is 0 Å². The molecule has 3 nitrogen and oxygen atoms in total. The molecule has 0 aliphatic carbocycles. The molecule has 0 unspecified atom stereocenters. The van der Waals surface area contributed by atoms with E-state index in [2.05, 4.69) is 464 Å². The van der Waals surface area contributed by atoms with Gasteiger partial charge in [0.2, 0.25) is 0 Å². The third-order valence-electron chi connectivity index (χ3n) is 22.3. The summed E-state index contributed by atoms with van der Waals surface area (Å²) in [4.78, 5) is 7.94. The van der Waals surface area contributed by atoms with Crippen LogP contribution in [0.2, 0.25) is 0 Å². The van der Waals surface area contributed by atoms with Crippen LogP contribution in [0, 0.1) is 0 Å². The van der Waals surface area contributed by atoms with Crippen LogP contribution in [0.3, 0.4) is 0 Å². The van der Waals surface area contributed by atoms with E-state index in [9.17, 15) is 0 Å². The summed E-state index contributed by atoms with van der Waals surface area (Å²) in [6, 6.07) is 170. The Morgan fingerprint density at radius 1 is 0.194 bits per heavy atom. The zero-order valence-electron chi connectivity index (χ0n) is 59.6. The van der Waals surface area contributed by atoms with Crippen molar-refractivity contribution in [1.29, 1.82) is 0 Å². The smallest absolute Gasteiger partial charge is 0.252 e. The van der Waals surface area contributed by atoms with Gasteiger partial charge in [-0.25, -0.2) is 0 Å². The molecule has 19 rings (SSSR count). The van der Waals surface area contributed by atoms with Crippen molar-refractivity contribution in [3.63, 3.8) is 0 Å². The number of anilines is 9. The number of hydrogen-bond donors (Lipinski definition) is 0. The van der Waals surface area contributed by atoms with Crippen molar-refractivity contribution >= 4 is 132 Å². The number of benzene rings is 17. The molecule has 6 heteroatoms. The second-order valence-electron chi connectivity index (χ2n) is 28.1. The molecule has 2 heterocycles. The van der Waals surface area contributed by atoms with Crippen LogP contribution in [0.15, 0.2) is 449 Å². The van der Waals surface area contributed by atoms with Gasteiger partial charge in [-0.3, -0.25) is 0 Å². The fourth-order valence-electron chi connectivity index (χ4n) is 17.8. The van der Waals surface area contributed by atoms with Gasteiger partial charge in [0.25, 0.3) is 6.71 Å². The van der Waals surface area contributed by atoms with Crippen LogP contribution < -0.4 is 72.6 Å². The lowest BCUT2D eigenvalue weighted by Crippen LogP contribution is -2.75. The van der Waals surface area contributed by atoms with Crippen LogP contribution in [0.4, 0.5) is 51.2 Å². The number of hydrogen-bond acceptors (Lipinski definition) is 3. The van der Waals surface area contributed by atoms with Crippen molar-refractivity contribution in [3.05, 3.63) is 449 Å². The molecule has 0 N–H and O–H groups in total. The highest BCUT2D eigenvalue weighted by molar-refractivity contribution is 7.20. The van der Waals surface area contributed by atoms with E-state index in [1.54, 1.807) is 0 Å². The van der Waals surface area contributed by atoms with Crippen molar-refractivity contribution in [3.8, 4) is 44.5 Å². The Balaban J connectivity index is 1.03. The first-order valence-electron chi connectivity index (χ1n) is 37.4. The highest BCUT2D eigenvalue weighted by Crippen LogP contribution is 2.54. The molecule has 2 aliphatic heterocycles. The summed E-state index contributed by atoms with van der Waals surface area (Å²) in [7, 11) is -6.50. The zero-order chi connectivity index (χ0) is 71.8. The van der Waals surface area contributed by atoms with Crippen molar-refractivity contribution in [2.24, 2.45) is 0 Å². The fourth-order valence-corrected chi connectivity index (χ4v) is 27.3. The number of fused-ring (bicyclic) bond motifs is 4. The SMILES string of the molecule is c1ccc(-c2cccc(-c3ccccc3)c2N2c3cc([Si](c4ccccc4)(c4ccccc4)c4ccccc4)ccc3B3c4ccc([Si](c5ccccc5)(c5ccccc5)c5ccccc5)cc4N(c4c(-c5ccccc5)cccc4-c4ccccc4)c4cc(N(c5ccccc5)c5ccccc5)cc2c43)cc1. The van der Waals surface area contributed by atoms with Gasteiger partial charge in [-0.15, -0.1) is 0 Å². The van der Waals surface area contributed by atoms with E-state index in [1.165, 1.54) is 57.9 Å². The van der Waals surface area contributed by atoms with Crippen molar-refractivity contribution < 1.29 is 0 Å². The first-order valence-corrected chi connectivity index (χ1v) is 41.4. The van der Waals surface area contributed by atoms with E-state index in [4.69, 9.17) is 0 Å². The summed E-state index contributed by atoms with van der Waals surface area (Å²) >= 11 is 0. The lowest BCUT2D eigenvalue weighted by Gasteiger charge is -2.47. The highest BCUT2D eigenvalue weighted by Gasteiger charge is 2.50. The van der Waals surface area contributed by atoms with Crippen LogP contribution in [0.25, 0.3) is 44.5 Å². The molecular weight excluding hydrogens is 1330 g/mol. The van der Waals surface area contributed by atoms with Gasteiger partial charge in [0.05, 0.1) is 17.1 Å². The Hall–Kier alpha value is -13.4. The van der Waals surface area contributed by atoms with Gasteiger partial charge in [-0.1, -0.05) is 400 Å². The van der Waals surface area contributed by atoms with Crippen LogP contribution in [0.5, 0.6) is 0 Å². The third-order valence-corrected chi connectivity index (χ3v) is 31.9. The Bertz CT molecular complexity index is 5350. The molecule has 508 valence electrons. The van der Waals surface area contributed by atoms with Gasteiger partial charge in [-0.05, 0) is 129 Å². The molecule has 0 atom stereocenters. The van der Waals surface area contributed by atoms with E-state index < -0.39 is 16.1 Å². The summed E-state index contributed by atoms with van der Waals surface area (Å²) in [5.74, 6) is 0. The normalized spacial score (nSPS) is 12.2. The summed E-state index contributed by atoms with van der Waals surface area (Å²) in [5.41, 5.74) is 22.3. The summed E-state index contributed by atoms with van der Waals surface area (Å²) in [6.07, 6.45) is 0. The minimum atomic E-state index is -3.25. The zero-order valence-corrected chi connectivity index (χ0v) is 61.6. The van der Waals surface area contributed by atoms with Gasteiger partial charge in [-0.2, -0.15) is 0 Å². The second-order valence-corrected chi connectivity index (χ2v) is 35.7. The summed E-state index contributed by atoms with van der Waals surface area (Å²) in [6.45, 7) is -0.317. The van der Waals surface area contributed by atoms with Crippen molar-refractivity contribution in [2.75, 3.05) is 14.7 Å². The van der Waals surface area contributed by atoms with Crippen LogP contribution in [0.1, 0.15) is 0 Å². The molecule has 0 aromatic heterocycles. The maximum atomic E-state index is 2.73. The Kier molecular flexibility index (Phi) is 17.1. The molecule has 0 spiro atoms. The van der Waals surface area contributed by atoms with Gasteiger partial charge in [0, 0.05) is 56.4 Å². The Morgan fingerprint density at radius 3 is 0.694 bits per heavy atom. The number of rotatable bonds is 17. The van der Waals surface area contributed by atoms with E-state index in [1.807, 2.05) is 0 Å². The molecule has 0 amide bonds. The molecular formula is C102H74BN3Si2. The third kappa shape index (κ3) is 11.1. The molecule has 0 saturated heterocycles. The molecule has 0 fully saturated rings. The standard InChI is InChI=1S/C102H74BN3Si2/c1-13-39-75(40-14-1)90-63-37-64-91(76-41-15-2-16-42-76)101(90)105-96-73-88(107(82-51-25-7-26-52-82,83-53-27-8-28-54-83)84-55-29-9-30-56-84)67-69-94(96)103-95-70-68-89(108(85-57-31-10-32-58-85,86-59-33-11-34-60-86)87-61-35-12-36-62-87)74-97(95)106(102-92(77-43-17-3-18-44-77)65-38-66-93(102)78-45-19-4-20-46-78)99-72-81(71-98(105)100(99)103)104(79-47-21-5-22-48-79)80-49-23-6-24-50-80/h1-74H. The molecule has 2 aliphatic rings. The molecule has 0 radical (unpaired) electrons. The number of nitrogens with zero attached hydrogens (tertiary/aromatic N) is 3. The monoisotopic (exact) mass is 1410 g/mol. The quantitative estimate of drug-likeness (QED) is 0.0664. The predicted octanol–water partition coefficient (Wildman–Crippen LogP) is 18.7. The summed E-state index contributed by atoms with van der Waals surface area (Å²) in [5, 5.41) is 10.4. The van der Waals surface area contributed by atoms with Gasteiger partial charge in [0.1, 0.15) is 0 Å². The number of para-hydroxylation sites is 4. The Labute approximate surface area is 635 Å². The lowest BCUT2D eigenvalue weighted by molar-refractivity contribution is 1.23. The minimum absolute atomic E-state index is 0.317. The average Bonchev–Trinajstić information content (AvgIpc) is 0.680. The highest BCUT2D eigenvalue weighted by atomic mass is 28.3. The fraction of sp³-hybridized carbons (Fsp3) is 0. The average molecular weight is 1410 g/mol. The second kappa shape index (κ2) is 28.3. The molecule has 108 heavy (non-hydrogen) atoms. The van der Waals surface area contributed by atoms with E-state index in [-0.39, 0.29) is 6.71 Å². The van der Waals surface area contributed by atoms with Crippen LogP contribution >= 0.6 is 0 Å². The topological polar surface area (TPSA) is 9.72 Å². The van der Waals surface area contributed by atoms with Crippen LogP contribution in [-0.2, 0) is 0 Å². The maximum absolute atomic E-state index is 3.25. The van der Waals surface area contributed by atoms with E-state index in [0.29, 0.717) is 0 Å². The van der Waals surface area contributed by atoms with Gasteiger partial charge >= 0.3 is 0 Å². The van der Waals surface area contributed by atoms with Crippen LogP contribution in [-0.4, -0.2) is 22.9 Å². The minimum Gasteiger partial charge on any atom is -0.310 e. The first kappa shape index (κ1) is 65.4. The van der Waals surface area contributed by atoms with Crippen molar-refractivity contribution in [2.45, 2.75) is 0 Å². The Morgan fingerprint density at radius 2 is 0.435 bits per heavy atom. The molecule has 0 bridgehead atoms. The maximum Gasteiger partial charge on any atom is 0.252 e. The molecule has 17 aromatic rings.